The van der Waals surface area contributed by atoms with E-state index in [1.807, 2.05) is 18.2 Å². The van der Waals surface area contributed by atoms with E-state index in [0.717, 1.165) is 27.5 Å². The van der Waals surface area contributed by atoms with Gasteiger partial charge < -0.3 is 4.42 Å². The molecule has 0 N–H and O–H groups in total. The second-order valence-electron chi connectivity index (χ2n) is 7.86. The summed E-state index contributed by atoms with van der Waals surface area (Å²) in [6.45, 7) is 0.206. The number of aromatic nitrogens is 1. The number of amides is 1. The molecule has 10 heteroatoms. The summed E-state index contributed by atoms with van der Waals surface area (Å²) in [6, 6.07) is 15.5. The van der Waals surface area contributed by atoms with Crippen LogP contribution in [0.15, 0.2) is 74.6 Å². The fourth-order valence-corrected chi connectivity index (χ4v) is 6.44. The van der Waals surface area contributed by atoms with Gasteiger partial charge >= 0.3 is 0 Å². The number of hydrogen-bond donors (Lipinski definition) is 0. The number of halogens is 1. The van der Waals surface area contributed by atoms with E-state index in [9.17, 15) is 13.2 Å². The summed E-state index contributed by atoms with van der Waals surface area (Å²) < 4.78 is 34.4. The summed E-state index contributed by atoms with van der Waals surface area (Å²) in [4.78, 5) is 19.9. The third kappa shape index (κ3) is 4.48. The van der Waals surface area contributed by atoms with Crippen molar-refractivity contribution in [1.29, 1.82) is 0 Å². The molecule has 33 heavy (non-hydrogen) atoms. The number of nitrogens with zero attached hydrogens (tertiary/aromatic N) is 3. The molecule has 5 rings (SSSR count). The van der Waals surface area contributed by atoms with E-state index in [-0.39, 0.29) is 23.4 Å². The maximum Gasteiger partial charge on any atom is 0.260 e. The molecule has 2 aromatic heterocycles. The smallest absolute Gasteiger partial charge is 0.260 e. The second-order valence-corrected chi connectivity index (χ2v) is 11.8. The first-order valence-electron chi connectivity index (χ1n) is 10.3. The van der Waals surface area contributed by atoms with Gasteiger partial charge in [-0.1, -0.05) is 27.3 Å². The van der Waals surface area contributed by atoms with Gasteiger partial charge in [0.15, 0.2) is 5.13 Å². The Balaban J connectivity index is 1.47. The number of rotatable bonds is 7. The normalized spacial score (nSPS) is 14.2. The molecular formula is C23H20BrN3O4S2. The molecule has 0 radical (unpaired) electrons. The van der Waals surface area contributed by atoms with Gasteiger partial charge in [0.1, 0.15) is 5.76 Å². The molecular weight excluding hydrogens is 526 g/mol. The van der Waals surface area contributed by atoms with E-state index in [0.29, 0.717) is 16.5 Å². The largest absolute Gasteiger partial charge is 0.467 e. The predicted molar refractivity (Wildman–Crippen MR) is 131 cm³/mol. The maximum atomic E-state index is 13.5. The highest BCUT2D eigenvalue weighted by Gasteiger charge is 2.35. The van der Waals surface area contributed by atoms with Crippen LogP contribution in [0.5, 0.6) is 0 Å². The Morgan fingerprint density at radius 1 is 1.18 bits per heavy atom. The van der Waals surface area contributed by atoms with Crippen LogP contribution < -0.4 is 4.90 Å². The highest BCUT2D eigenvalue weighted by Crippen LogP contribution is 2.33. The van der Waals surface area contributed by atoms with Crippen molar-refractivity contribution in [3.8, 4) is 0 Å². The molecule has 0 unspecified atom stereocenters. The summed E-state index contributed by atoms with van der Waals surface area (Å²) >= 11 is 4.87. The van der Waals surface area contributed by atoms with Crippen LogP contribution in [-0.2, 0) is 16.6 Å². The number of benzene rings is 2. The highest BCUT2D eigenvalue weighted by molar-refractivity contribution is 9.10. The third-order valence-electron chi connectivity index (χ3n) is 5.55. The molecule has 2 heterocycles. The Morgan fingerprint density at radius 2 is 1.94 bits per heavy atom. The van der Waals surface area contributed by atoms with Gasteiger partial charge in [0.2, 0.25) is 10.0 Å². The van der Waals surface area contributed by atoms with Crippen molar-refractivity contribution >= 4 is 58.5 Å². The Morgan fingerprint density at radius 3 is 2.61 bits per heavy atom. The molecule has 170 valence electrons. The molecule has 1 aliphatic rings. The molecule has 1 fully saturated rings. The molecule has 2 aromatic carbocycles. The van der Waals surface area contributed by atoms with Crippen molar-refractivity contribution in [3.63, 3.8) is 0 Å². The molecule has 0 saturated heterocycles. The molecule has 1 amide bonds. The van der Waals surface area contributed by atoms with Crippen molar-refractivity contribution in [2.45, 2.75) is 30.3 Å². The zero-order chi connectivity index (χ0) is 23.2. The van der Waals surface area contributed by atoms with Crippen LogP contribution in [-0.4, -0.2) is 36.7 Å². The lowest BCUT2D eigenvalue weighted by molar-refractivity contribution is 0.0983. The Labute approximate surface area is 203 Å². The minimum Gasteiger partial charge on any atom is -0.467 e. The fourth-order valence-electron chi connectivity index (χ4n) is 3.51. The number of anilines is 1. The standard InChI is InChI=1S/C23H20BrN3O4S2/c1-26(17-7-8-17)33(29,30)19-9-4-15(5-10-19)22(28)27(14-18-3-2-12-31-18)23-25-20-11-6-16(24)13-21(20)32-23/h2-6,9-13,17H,7-8,14H2,1H3. The highest BCUT2D eigenvalue weighted by atomic mass is 79.9. The van der Waals surface area contributed by atoms with Crippen LogP contribution in [0, 0.1) is 0 Å². The maximum absolute atomic E-state index is 13.5. The van der Waals surface area contributed by atoms with Gasteiger partial charge in [-0.25, -0.2) is 13.4 Å². The van der Waals surface area contributed by atoms with Gasteiger partial charge in [0, 0.05) is 23.1 Å². The summed E-state index contributed by atoms with van der Waals surface area (Å²) in [5.41, 5.74) is 1.16. The van der Waals surface area contributed by atoms with Crippen LogP contribution in [0.3, 0.4) is 0 Å². The molecule has 1 saturated carbocycles. The minimum absolute atomic E-state index is 0.0687. The first-order chi connectivity index (χ1) is 15.8. The monoisotopic (exact) mass is 545 g/mol. The lowest BCUT2D eigenvalue weighted by Gasteiger charge is -2.19. The van der Waals surface area contributed by atoms with Crippen LogP contribution in [0.4, 0.5) is 5.13 Å². The average molecular weight is 546 g/mol. The minimum atomic E-state index is -3.57. The van der Waals surface area contributed by atoms with E-state index in [4.69, 9.17) is 4.42 Å². The van der Waals surface area contributed by atoms with Crippen LogP contribution in [0.2, 0.25) is 0 Å². The molecule has 1 aliphatic carbocycles. The summed E-state index contributed by atoms with van der Waals surface area (Å²) in [5.74, 6) is 0.332. The third-order valence-corrected chi connectivity index (χ3v) is 9.01. The van der Waals surface area contributed by atoms with E-state index in [1.54, 1.807) is 42.5 Å². The number of sulfonamides is 1. The number of hydrogen-bond acceptors (Lipinski definition) is 6. The molecule has 0 bridgehead atoms. The van der Waals surface area contributed by atoms with E-state index >= 15 is 0 Å². The lowest BCUT2D eigenvalue weighted by atomic mass is 10.2. The summed E-state index contributed by atoms with van der Waals surface area (Å²) in [5, 5.41) is 0.537. The predicted octanol–water partition coefficient (Wildman–Crippen LogP) is 5.28. The average Bonchev–Trinajstić information content (AvgIpc) is 3.36. The van der Waals surface area contributed by atoms with Crippen LogP contribution in [0.25, 0.3) is 10.2 Å². The zero-order valence-electron chi connectivity index (χ0n) is 17.6. The molecule has 0 atom stereocenters. The van der Waals surface area contributed by atoms with Gasteiger partial charge in [0.25, 0.3) is 5.91 Å². The van der Waals surface area contributed by atoms with Gasteiger partial charge in [0.05, 0.1) is 27.9 Å². The van der Waals surface area contributed by atoms with Gasteiger partial charge in [-0.05, 0) is 67.4 Å². The van der Waals surface area contributed by atoms with Crippen molar-refractivity contribution in [1.82, 2.24) is 9.29 Å². The summed E-state index contributed by atoms with van der Waals surface area (Å²) in [6.07, 6.45) is 3.32. The zero-order valence-corrected chi connectivity index (χ0v) is 20.9. The molecule has 0 spiro atoms. The van der Waals surface area contributed by atoms with E-state index < -0.39 is 10.0 Å². The number of thiazole rings is 1. The second kappa shape index (κ2) is 8.68. The number of carbonyl (C=O) groups excluding carboxylic acids is 1. The summed E-state index contributed by atoms with van der Waals surface area (Å²) in [7, 11) is -1.97. The molecule has 4 aromatic rings. The van der Waals surface area contributed by atoms with Crippen molar-refractivity contribution < 1.29 is 17.6 Å². The van der Waals surface area contributed by atoms with Crippen LogP contribution >= 0.6 is 27.3 Å². The van der Waals surface area contributed by atoms with Crippen LogP contribution in [0.1, 0.15) is 29.0 Å². The Bertz CT molecular complexity index is 1410. The fraction of sp³-hybridized carbons (Fsp3) is 0.217. The topological polar surface area (TPSA) is 83.7 Å². The van der Waals surface area contributed by atoms with E-state index in [1.165, 1.54) is 27.8 Å². The van der Waals surface area contributed by atoms with Gasteiger partial charge in [-0.3, -0.25) is 9.69 Å². The van der Waals surface area contributed by atoms with Crippen molar-refractivity contribution in [3.05, 3.63) is 76.7 Å². The lowest BCUT2D eigenvalue weighted by Crippen LogP contribution is -2.31. The number of furan rings is 1. The first kappa shape index (κ1) is 22.3. The Kier molecular flexibility index (Phi) is 5.86. The quantitative estimate of drug-likeness (QED) is 0.315. The molecule has 0 aliphatic heterocycles. The van der Waals surface area contributed by atoms with Gasteiger partial charge in [-0.15, -0.1) is 0 Å². The van der Waals surface area contributed by atoms with Crippen molar-refractivity contribution in [2.75, 3.05) is 11.9 Å². The molecule has 7 nitrogen and oxygen atoms in total. The van der Waals surface area contributed by atoms with Gasteiger partial charge in [-0.2, -0.15) is 4.31 Å². The number of carbonyl (C=O) groups is 1. The first-order valence-corrected chi connectivity index (χ1v) is 13.4. The van der Waals surface area contributed by atoms with Crippen molar-refractivity contribution in [2.24, 2.45) is 0 Å². The van der Waals surface area contributed by atoms with E-state index in [2.05, 4.69) is 20.9 Å². The Hall–Kier alpha value is -2.53. The number of fused-ring (bicyclic) bond motifs is 1. The SMILES string of the molecule is CN(C1CC1)S(=O)(=O)c1ccc(C(=O)N(Cc2ccco2)c2nc3ccc(Br)cc3s2)cc1.